The SMILES string of the molecule is O=C1Nc2ccccc2S/C1=C/c1ccc(C(=O)NCCN2CCC(Cc3ccccc3)CC2)cc1. The maximum absolute atomic E-state index is 12.6. The fourth-order valence-electron chi connectivity index (χ4n) is 4.78. The molecule has 0 unspecified atom stereocenters. The maximum atomic E-state index is 12.6. The smallest absolute Gasteiger partial charge is 0.262 e. The average Bonchev–Trinajstić information content (AvgIpc) is 2.91. The van der Waals surface area contributed by atoms with Crippen molar-refractivity contribution in [2.24, 2.45) is 5.92 Å². The molecular weight excluding hydrogens is 466 g/mol. The van der Waals surface area contributed by atoms with Gasteiger partial charge in [-0.1, -0.05) is 66.4 Å². The van der Waals surface area contributed by atoms with Crippen LogP contribution in [-0.2, 0) is 11.2 Å². The van der Waals surface area contributed by atoms with Gasteiger partial charge in [-0.3, -0.25) is 9.59 Å². The Hall–Kier alpha value is -3.35. The van der Waals surface area contributed by atoms with Crippen LogP contribution in [0.25, 0.3) is 6.08 Å². The summed E-state index contributed by atoms with van der Waals surface area (Å²) < 4.78 is 0. The Bertz CT molecular complexity index is 1230. The number of nitrogens with zero attached hydrogens (tertiary/aromatic N) is 1. The van der Waals surface area contributed by atoms with Crippen LogP contribution < -0.4 is 10.6 Å². The van der Waals surface area contributed by atoms with Crippen molar-refractivity contribution in [3.8, 4) is 0 Å². The molecule has 1 fully saturated rings. The minimum absolute atomic E-state index is 0.0631. The number of piperidine rings is 1. The summed E-state index contributed by atoms with van der Waals surface area (Å²) in [6.45, 7) is 3.70. The quantitative estimate of drug-likeness (QED) is 0.426. The van der Waals surface area contributed by atoms with Gasteiger partial charge in [0, 0.05) is 23.5 Å². The molecule has 0 radical (unpaired) electrons. The van der Waals surface area contributed by atoms with E-state index < -0.39 is 0 Å². The Labute approximate surface area is 217 Å². The van der Waals surface area contributed by atoms with Crippen molar-refractivity contribution in [1.29, 1.82) is 0 Å². The third-order valence-corrected chi connectivity index (χ3v) is 7.94. The average molecular weight is 498 g/mol. The first-order valence-corrected chi connectivity index (χ1v) is 13.4. The van der Waals surface area contributed by atoms with Crippen LogP contribution in [-0.4, -0.2) is 42.9 Å². The molecule has 2 aliphatic rings. The number of hydrogen-bond donors (Lipinski definition) is 2. The number of likely N-dealkylation sites (tertiary alicyclic amines) is 1. The van der Waals surface area contributed by atoms with Gasteiger partial charge >= 0.3 is 0 Å². The Morgan fingerprint density at radius 1 is 0.972 bits per heavy atom. The number of rotatable bonds is 7. The minimum atomic E-state index is -0.107. The summed E-state index contributed by atoms with van der Waals surface area (Å²) in [6, 6.07) is 25.9. The first-order valence-electron chi connectivity index (χ1n) is 12.6. The maximum Gasteiger partial charge on any atom is 0.262 e. The summed E-state index contributed by atoms with van der Waals surface area (Å²) in [4.78, 5) is 29.1. The lowest BCUT2D eigenvalue weighted by Crippen LogP contribution is -2.39. The number of nitrogens with one attached hydrogen (secondary N) is 2. The highest BCUT2D eigenvalue weighted by Crippen LogP contribution is 2.38. The van der Waals surface area contributed by atoms with Gasteiger partial charge in [0.25, 0.3) is 11.8 Å². The lowest BCUT2D eigenvalue weighted by Gasteiger charge is -2.32. The molecule has 0 aromatic heterocycles. The molecule has 0 saturated carbocycles. The second-order valence-electron chi connectivity index (χ2n) is 9.41. The van der Waals surface area contributed by atoms with E-state index >= 15 is 0 Å². The van der Waals surface area contributed by atoms with E-state index in [9.17, 15) is 9.59 Å². The topological polar surface area (TPSA) is 61.4 Å². The van der Waals surface area contributed by atoms with E-state index in [1.54, 1.807) is 0 Å². The van der Waals surface area contributed by atoms with Crippen LogP contribution in [0.5, 0.6) is 0 Å². The van der Waals surface area contributed by atoms with Crippen molar-refractivity contribution in [1.82, 2.24) is 10.2 Å². The van der Waals surface area contributed by atoms with Crippen LogP contribution >= 0.6 is 11.8 Å². The highest BCUT2D eigenvalue weighted by molar-refractivity contribution is 8.04. The van der Waals surface area contributed by atoms with Crippen LogP contribution in [0.1, 0.15) is 34.3 Å². The van der Waals surface area contributed by atoms with Crippen LogP contribution in [0.15, 0.2) is 88.7 Å². The monoisotopic (exact) mass is 497 g/mol. The van der Waals surface area contributed by atoms with Gasteiger partial charge in [0.1, 0.15) is 0 Å². The second-order valence-corrected chi connectivity index (χ2v) is 10.5. The number of fused-ring (bicyclic) bond motifs is 1. The lowest BCUT2D eigenvalue weighted by atomic mass is 9.90. The molecule has 2 heterocycles. The summed E-state index contributed by atoms with van der Waals surface area (Å²) >= 11 is 1.46. The van der Waals surface area contributed by atoms with Gasteiger partial charge in [-0.2, -0.15) is 0 Å². The molecule has 5 rings (SSSR count). The van der Waals surface area contributed by atoms with Gasteiger partial charge in [-0.05, 0) is 79.7 Å². The predicted molar refractivity (Wildman–Crippen MR) is 147 cm³/mol. The number of carbonyl (C=O) groups excluding carboxylic acids is 2. The summed E-state index contributed by atoms with van der Waals surface area (Å²) in [5, 5.41) is 5.98. The zero-order chi connectivity index (χ0) is 24.7. The summed E-state index contributed by atoms with van der Waals surface area (Å²) in [5.74, 6) is 0.580. The zero-order valence-electron chi connectivity index (χ0n) is 20.3. The number of thioether (sulfide) groups is 1. The summed E-state index contributed by atoms with van der Waals surface area (Å²) in [7, 11) is 0. The Kier molecular flexibility index (Phi) is 7.84. The summed E-state index contributed by atoms with van der Waals surface area (Å²) in [5.41, 5.74) is 3.79. The fraction of sp³-hybridized carbons (Fsp3) is 0.267. The van der Waals surface area contributed by atoms with E-state index in [0.29, 0.717) is 17.0 Å². The van der Waals surface area contributed by atoms with Crippen LogP contribution in [0.4, 0.5) is 5.69 Å². The molecule has 0 aliphatic carbocycles. The number of carbonyl (C=O) groups is 2. The van der Waals surface area contributed by atoms with E-state index in [2.05, 4.69) is 45.9 Å². The van der Waals surface area contributed by atoms with E-state index in [0.717, 1.165) is 48.1 Å². The van der Waals surface area contributed by atoms with Crippen molar-refractivity contribution in [2.45, 2.75) is 24.2 Å². The molecular formula is C30H31N3O2S. The standard InChI is InChI=1S/C30H31N3O2S/c34-29(31-16-19-33-17-14-24(15-18-33)20-22-6-2-1-3-7-22)25-12-10-23(11-13-25)21-28-30(35)32-26-8-4-5-9-27(26)36-28/h1-13,21,24H,14-20H2,(H,31,34)(H,32,35)/b28-21+. The van der Waals surface area contributed by atoms with Gasteiger partial charge < -0.3 is 15.5 Å². The molecule has 36 heavy (non-hydrogen) atoms. The lowest BCUT2D eigenvalue weighted by molar-refractivity contribution is -0.112. The van der Waals surface area contributed by atoms with E-state index in [1.165, 1.54) is 30.2 Å². The Morgan fingerprint density at radius 2 is 1.69 bits per heavy atom. The molecule has 0 spiro atoms. The number of anilines is 1. The van der Waals surface area contributed by atoms with Gasteiger partial charge in [0.15, 0.2) is 0 Å². The number of amides is 2. The second kappa shape index (κ2) is 11.6. The van der Waals surface area contributed by atoms with Crippen molar-refractivity contribution in [2.75, 3.05) is 31.5 Å². The van der Waals surface area contributed by atoms with Gasteiger partial charge in [-0.15, -0.1) is 0 Å². The summed E-state index contributed by atoms with van der Waals surface area (Å²) in [6.07, 6.45) is 5.44. The van der Waals surface area contributed by atoms with E-state index in [1.807, 2.05) is 54.6 Å². The van der Waals surface area contributed by atoms with Crippen molar-refractivity contribution in [3.63, 3.8) is 0 Å². The van der Waals surface area contributed by atoms with Crippen LogP contribution in [0, 0.1) is 5.92 Å². The van der Waals surface area contributed by atoms with Crippen molar-refractivity contribution < 1.29 is 9.59 Å². The van der Waals surface area contributed by atoms with E-state index in [-0.39, 0.29) is 11.8 Å². The number of para-hydroxylation sites is 1. The van der Waals surface area contributed by atoms with Crippen molar-refractivity contribution in [3.05, 3.63) is 100 Å². The largest absolute Gasteiger partial charge is 0.351 e. The van der Waals surface area contributed by atoms with Crippen LogP contribution in [0.3, 0.4) is 0 Å². The van der Waals surface area contributed by atoms with E-state index in [4.69, 9.17) is 0 Å². The molecule has 2 aliphatic heterocycles. The molecule has 0 bridgehead atoms. The minimum Gasteiger partial charge on any atom is -0.351 e. The zero-order valence-corrected chi connectivity index (χ0v) is 21.1. The number of hydrogen-bond acceptors (Lipinski definition) is 4. The molecule has 3 aromatic carbocycles. The normalized spacial score (nSPS) is 17.4. The molecule has 2 amide bonds. The first kappa shape index (κ1) is 24.3. The molecule has 184 valence electrons. The fourth-order valence-corrected chi connectivity index (χ4v) is 5.73. The molecule has 2 N–H and O–H groups in total. The first-order chi connectivity index (χ1) is 17.6. The highest BCUT2D eigenvalue weighted by atomic mass is 32.2. The van der Waals surface area contributed by atoms with Gasteiger partial charge in [0.05, 0.1) is 10.6 Å². The van der Waals surface area contributed by atoms with Gasteiger partial charge in [-0.25, -0.2) is 0 Å². The molecule has 1 saturated heterocycles. The van der Waals surface area contributed by atoms with Gasteiger partial charge in [0.2, 0.25) is 0 Å². The number of benzene rings is 3. The highest BCUT2D eigenvalue weighted by Gasteiger charge is 2.21. The van der Waals surface area contributed by atoms with Crippen molar-refractivity contribution >= 4 is 35.3 Å². The molecule has 6 heteroatoms. The third kappa shape index (κ3) is 6.25. The van der Waals surface area contributed by atoms with Crippen LogP contribution in [0.2, 0.25) is 0 Å². The Balaban J connectivity index is 1.07. The molecule has 0 atom stereocenters. The molecule has 3 aromatic rings. The Morgan fingerprint density at radius 3 is 2.47 bits per heavy atom. The predicted octanol–water partition coefficient (Wildman–Crippen LogP) is 5.46. The third-order valence-electron chi connectivity index (χ3n) is 6.84. The molecule has 5 nitrogen and oxygen atoms in total.